The molecule has 0 radical (unpaired) electrons. The van der Waals surface area contributed by atoms with Gasteiger partial charge in [-0.2, -0.15) is 0 Å². The summed E-state index contributed by atoms with van der Waals surface area (Å²) in [7, 11) is 0. The predicted molar refractivity (Wildman–Crippen MR) is 57.3 cm³/mol. The van der Waals surface area contributed by atoms with Crippen LogP contribution in [0.3, 0.4) is 0 Å². The molecule has 1 heterocycles. The molecule has 1 fully saturated rings. The van der Waals surface area contributed by atoms with Gasteiger partial charge in [-0.25, -0.2) is 4.98 Å². The molecule has 0 unspecified atom stereocenters. The van der Waals surface area contributed by atoms with Crippen LogP contribution in [0.25, 0.3) is 0 Å². The SMILES string of the molecule is NCc1[nH]c(C2CCCCC2)nc1Cl. The van der Waals surface area contributed by atoms with Gasteiger partial charge in [0.25, 0.3) is 0 Å². The number of halogens is 1. The molecule has 0 aromatic carbocycles. The van der Waals surface area contributed by atoms with Gasteiger partial charge in [0.05, 0.1) is 5.69 Å². The zero-order valence-corrected chi connectivity index (χ0v) is 8.98. The first-order valence-electron chi connectivity index (χ1n) is 5.25. The van der Waals surface area contributed by atoms with Crippen molar-refractivity contribution in [2.45, 2.75) is 44.6 Å². The Morgan fingerprint density at radius 2 is 2.07 bits per heavy atom. The first-order valence-corrected chi connectivity index (χ1v) is 5.63. The van der Waals surface area contributed by atoms with Crippen LogP contribution in [0.1, 0.15) is 49.5 Å². The fourth-order valence-corrected chi connectivity index (χ4v) is 2.33. The van der Waals surface area contributed by atoms with Crippen LogP contribution < -0.4 is 5.73 Å². The summed E-state index contributed by atoms with van der Waals surface area (Å²) < 4.78 is 0. The van der Waals surface area contributed by atoms with E-state index in [1.54, 1.807) is 0 Å². The van der Waals surface area contributed by atoms with E-state index in [0.29, 0.717) is 17.6 Å². The average Bonchev–Trinajstić information content (AvgIpc) is 2.61. The highest BCUT2D eigenvalue weighted by molar-refractivity contribution is 6.30. The lowest BCUT2D eigenvalue weighted by Crippen LogP contribution is -2.06. The number of hydrogen-bond acceptors (Lipinski definition) is 2. The number of rotatable bonds is 2. The molecule has 3 nitrogen and oxygen atoms in total. The Kier molecular flexibility index (Phi) is 3.08. The zero-order valence-electron chi connectivity index (χ0n) is 8.22. The molecule has 3 N–H and O–H groups in total. The summed E-state index contributed by atoms with van der Waals surface area (Å²) in [5.74, 6) is 1.61. The van der Waals surface area contributed by atoms with Crippen molar-refractivity contribution >= 4 is 11.6 Å². The number of aromatic nitrogens is 2. The van der Waals surface area contributed by atoms with Crippen molar-refractivity contribution in [1.29, 1.82) is 0 Å². The number of imidazole rings is 1. The minimum absolute atomic E-state index is 0.443. The second kappa shape index (κ2) is 4.32. The number of nitrogens with two attached hydrogens (primary N) is 1. The Balaban J connectivity index is 2.14. The second-order valence-electron chi connectivity index (χ2n) is 3.93. The molecule has 0 spiro atoms. The predicted octanol–water partition coefficient (Wildman–Crippen LogP) is 2.57. The highest BCUT2D eigenvalue weighted by atomic mass is 35.5. The fraction of sp³-hybridized carbons (Fsp3) is 0.700. The van der Waals surface area contributed by atoms with Gasteiger partial charge in [-0.3, -0.25) is 0 Å². The van der Waals surface area contributed by atoms with E-state index in [2.05, 4.69) is 9.97 Å². The zero-order chi connectivity index (χ0) is 9.97. The van der Waals surface area contributed by atoms with Gasteiger partial charge in [0.15, 0.2) is 5.15 Å². The molecule has 0 bridgehead atoms. The van der Waals surface area contributed by atoms with Gasteiger partial charge < -0.3 is 10.7 Å². The highest BCUT2D eigenvalue weighted by Gasteiger charge is 2.19. The van der Waals surface area contributed by atoms with Crippen LogP contribution in [-0.4, -0.2) is 9.97 Å². The van der Waals surface area contributed by atoms with Gasteiger partial charge in [-0.05, 0) is 12.8 Å². The normalized spacial score (nSPS) is 18.7. The molecule has 1 saturated carbocycles. The van der Waals surface area contributed by atoms with E-state index >= 15 is 0 Å². The van der Waals surface area contributed by atoms with Crippen molar-refractivity contribution in [3.05, 3.63) is 16.7 Å². The summed E-state index contributed by atoms with van der Waals surface area (Å²) in [5, 5.41) is 0.549. The van der Waals surface area contributed by atoms with Gasteiger partial charge in [0.1, 0.15) is 5.82 Å². The topological polar surface area (TPSA) is 54.7 Å². The van der Waals surface area contributed by atoms with E-state index in [4.69, 9.17) is 17.3 Å². The third-order valence-corrected chi connectivity index (χ3v) is 3.26. The Morgan fingerprint density at radius 3 is 2.64 bits per heavy atom. The Hall–Kier alpha value is -0.540. The molecule has 0 atom stereocenters. The number of H-pyrrole nitrogens is 1. The van der Waals surface area contributed by atoms with Gasteiger partial charge in [0, 0.05) is 12.5 Å². The van der Waals surface area contributed by atoms with E-state index in [9.17, 15) is 0 Å². The van der Waals surface area contributed by atoms with E-state index in [1.165, 1.54) is 32.1 Å². The second-order valence-corrected chi connectivity index (χ2v) is 4.29. The molecule has 1 aromatic rings. The first kappa shape index (κ1) is 9.99. The molecule has 1 aliphatic rings. The summed E-state index contributed by atoms with van der Waals surface area (Å²) in [6.45, 7) is 0.443. The smallest absolute Gasteiger partial charge is 0.151 e. The third kappa shape index (κ3) is 1.93. The van der Waals surface area contributed by atoms with Crippen LogP contribution in [0.15, 0.2) is 0 Å². The summed E-state index contributed by atoms with van der Waals surface area (Å²) >= 11 is 5.94. The number of aromatic amines is 1. The van der Waals surface area contributed by atoms with Gasteiger partial charge in [-0.1, -0.05) is 30.9 Å². The van der Waals surface area contributed by atoms with Crippen molar-refractivity contribution < 1.29 is 0 Å². The Bertz CT molecular complexity index is 302. The van der Waals surface area contributed by atoms with Crippen molar-refractivity contribution in [2.24, 2.45) is 5.73 Å². The lowest BCUT2D eigenvalue weighted by Gasteiger charge is -2.19. The van der Waals surface area contributed by atoms with Gasteiger partial charge in [0.2, 0.25) is 0 Å². The molecule has 14 heavy (non-hydrogen) atoms. The molecule has 0 amide bonds. The highest BCUT2D eigenvalue weighted by Crippen LogP contribution is 2.32. The molecule has 78 valence electrons. The maximum atomic E-state index is 5.94. The first-order chi connectivity index (χ1) is 6.81. The molecule has 1 aliphatic carbocycles. The van der Waals surface area contributed by atoms with Crippen LogP contribution >= 0.6 is 11.6 Å². The minimum atomic E-state index is 0.443. The lowest BCUT2D eigenvalue weighted by atomic mass is 9.89. The number of nitrogens with one attached hydrogen (secondary N) is 1. The minimum Gasteiger partial charge on any atom is -0.343 e. The monoisotopic (exact) mass is 213 g/mol. The third-order valence-electron chi connectivity index (χ3n) is 2.94. The van der Waals surface area contributed by atoms with Crippen molar-refractivity contribution in [3.8, 4) is 0 Å². The Labute approximate surface area is 89.1 Å². The fourth-order valence-electron chi connectivity index (χ4n) is 2.11. The lowest BCUT2D eigenvalue weighted by molar-refractivity contribution is 0.430. The quantitative estimate of drug-likeness (QED) is 0.794. The maximum Gasteiger partial charge on any atom is 0.151 e. The van der Waals surface area contributed by atoms with E-state index < -0.39 is 0 Å². The summed E-state index contributed by atoms with van der Waals surface area (Å²) in [4.78, 5) is 7.57. The van der Waals surface area contributed by atoms with Crippen LogP contribution in [0, 0.1) is 0 Å². The van der Waals surface area contributed by atoms with E-state index in [-0.39, 0.29) is 0 Å². The number of nitrogens with zero attached hydrogens (tertiary/aromatic N) is 1. The van der Waals surface area contributed by atoms with Crippen LogP contribution in [0.2, 0.25) is 5.15 Å². The summed E-state index contributed by atoms with van der Waals surface area (Å²) in [5.41, 5.74) is 6.41. The van der Waals surface area contributed by atoms with Crippen molar-refractivity contribution in [2.75, 3.05) is 0 Å². The van der Waals surface area contributed by atoms with Gasteiger partial charge >= 0.3 is 0 Å². The van der Waals surface area contributed by atoms with Crippen LogP contribution in [0.5, 0.6) is 0 Å². The van der Waals surface area contributed by atoms with E-state index in [0.717, 1.165) is 11.5 Å². The largest absolute Gasteiger partial charge is 0.343 e. The average molecular weight is 214 g/mol. The standard InChI is InChI=1S/C10H16ClN3/c11-9-8(6-12)13-10(14-9)7-4-2-1-3-5-7/h7H,1-6,12H2,(H,13,14). The molecule has 0 aliphatic heterocycles. The molecule has 1 aromatic heterocycles. The maximum absolute atomic E-state index is 5.94. The van der Waals surface area contributed by atoms with Gasteiger partial charge in [-0.15, -0.1) is 0 Å². The molecule has 2 rings (SSSR count). The van der Waals surface area contributed by atoms with Crippen LogP contribution in [-0.2, 0) is 6.54 Å². The number of hydrogen-bond donors (Lipinski definition) is 2. The Morgan fingerprint density at radius 1 is 1.36 bits per heavy atom. The summed E-state index contributed by atoms with van der Waals surface area (Å²) in [6.07, 6.45) is 6.43. The summed E-state index contributed by atoms with van der Waals surface area (Å²) in [6, 6.07) is 0. The van der Waals surface area contributed by atoms with Crippen LogP contribution in [0.4, 0.5) is 0 Å². The molecular weight excluding hydrogens is 198 g/mol. The molecule has 4 heteroatoms. The molecule has 0 saturated heterocycles. The van der Waals surface area contributed by atoms with Crippen molar-refractivity contribution in [1.82, 2.24) is 9.97 Å². The molecular formula is C10H16ClN3. The van der Waals surface area contributed by atoms with E-state index in [1.807, 2.05) is 0 Å². The van der Waals surface area contributed by atoms with Crippen molar-refractivity contribution in [3.63, 3.8) is 0 Å².